The minimum Gasteiger partial charge on any atom is -0.369 e. The number of rotatable bonds is 6. The van der Waals surface area contributed by atoms with E-state index in [4.69, 9.17) is 23.2 Å². The highest BCUT2D eigenvalue weighted by molar-refractivity contribution is 6.35. The number of ketones is 1. The summed E-state index contributed by atoms with van der Waals surface area (Å²) in [6.07, 6.45) is 1.31. The van der Waals surface area contributed by atoms with Crippen LogP contribution < -0.4 is 10.6 Å². The fraction of sp³-hybridized carbons (Fsp3) is 0.176. The third-order valence-electron chi connectivity index (χ3n) is 2.92. The van der Waals surface area contributed by atoms with Crippen molar-refractivity contribution in [2.24, 2.45) is 0 Å². The van der Waals surface area contributed by atoms with Gasteiger partial charge in [0, 0.05) is 17.8 Å². The maximum Gasteiger partial charge on any atom is 0.192 e. The summed E-state index contributed by atoms with van der Waals surface area (Å²) >= 11 is 11.4. The Kier molecular flexibility index (Phi) is 6.17. The Hall–Kier alpha value is -2.11. The highest BCUT2D eigenvalue weighted by atomic mass is 35.5. The normalized spacial score (nSPS) is 11.5. The third-order valence-corrected chi connectivity index (χ3v) is 3.48. The van der Waals surface area contributed by atoms with Crippen LogP contribution in [0.1, 0.15) is 24.2 Å². The molecule has 2 N–H and O–H groups in total. The lowest BCUT2D eigenvalue weighted by Crippen LogP contribution is -2.27. The number of halogens is 3. The Labute approximate surface area is 149 Å². The van der Waals surface area contributed by atoms with Gasteiger partial charge >= 0.3 is 0 Å². The molecule has 0 saturated heterocycles. The second-order valence-electron chi connectivity index (χ2n) is 5.31. The molecule has 24 heavy (non-hydrogen) atoms. The second-order valence-corrected chi connectivity index (χ2v) is 6.03. The second kappa shape index (κ2) is 8.13. The summed E-state index contributed by atoms with van der Waals surface area (Å²) in [6.45, 7) is 3.86. The first kappa shape index (κ1) is 18.2. The van der Waals surface area contributed by atoms with E-state index >= 15 is 0 Å². The van der Waals surface area contributed by atoms with Crippen molar-refractivity contribution >= 4 is 34.7 Å². The summed E-state index contributed by atoms with van der Waals surface area (Å²) in [5.74, 6) is -0.825. The average Bonchev–Trinajstić information content (AvgIpc) is 2.51. The van der Waals surface area contributed by atoms with Crippen LogP contribution in [0.15, 0.2) is 48.3 Å². The van der Waals surface area contributed by atoms with Crippen molar-refractivity contribution in [3.05, 3.63) is 70.0 Å². The van der Waals surface area contributed by atoms with Gasteiger partial charge < -0.3 is 10.6 Å². The molecule has 0 amide bonds. The molecular formula is C17H16Cl2FN3O. The van der Waals surface area contributed by atoms with Gasteiger partial charge in [-0.1, -0.05) is 41.4 Å². The van der Waals surface area contributed by atoms with E-state index in [-0.39, 0.29) is 21.9 Å². The van der Waals surface area contributed by atoms with Crippen molar-refractivity contribution in [2.45, 2.75) is 19.9 Å². The number of allylic oxidation sites excluding steroid dienone is 1. The smallest absolute Gasteiger partial charge is 0.192 e. The Bertz CT molecular complexity index is 764. The van der Waals surface area contributed by atoms with Crippen LogP contribution >= 0.6 is 23.2 Å². The van der Waals surface area contributed by atoms with E-state index in [0.29, 0.717) is 5.82 Å². The molecule has 0 spiro atoms. The number of anilines is 1. The summed E-state index contributed by atoms with van der Waals surface area (Å²) in [6, 6.07) is 10.4. The van der Waals surface area contributed by atoms with Gasteiger partial charge in [-0.3, -0.25) is 4.79 Å². The monoisotopic (exact) mass is 367 g/mol. The predicted molar refractivity (Wildman–Crippen MR) is 95.0 cm³/mol. The largest absolute Gasteiger partial charge is 0.369 e. The van der Waals surface area contributed by atoms with Crippen LogP contribution in [0.3, 0.4) is 0 Å². The number of benzene rings is 1. The van der Waals surface area contributed by atoms with Crippen molar-refractivity contribution in [3.63, 3.8) is 0 Å². The van der Waals surface area contributed by atoms with Gasteiger partial charge in [-0.25, -0.2) is 9.37 Å². The van der Waals surface area contributed by atoms with Crippen LogP contribution in [-0.2, 0) is 0 Å². The van der Waals surface area contributed by atoms with Gasteiger partial charge in [-0.05, 0) is 32.0 Å². The summed E-state index contributed by atoms with van der Waals surface area (Å²) in [5, 5.41) is 5.70. The van der Waals surface area contributed by atoms with E-state index in [1.807, 2.05) is 44.2 Å². The zero-order chi connectivity index (χ0) is 17.7. The molecule has 0 aliphatic carbocycles. The van der Waals surface area contributed by atoms with Crippen LogP contribution in [-0.4, -0.2) is 16.8 Å². The lowest BCUT2D eigenvalue weighted by molar-refractivity contribution is 0.104. The molecule has 1 aromatic carbocycles. The van der Waals surface area contributed by atoms with E-state index in [0.717, 1.165) is 11.8 Å². The number of hydrogen-bond acceptors (Lipinski definition) is 4. The molecule has 0 atom stereocenters. The topological polar surface area (TPSA) is 54.0 Å². The number of pyridine rings is 1. The molecule has 1 aromatic heterocycles. The number of nitrogens with zero attached hydrogens (tertiary/aromatic N) is 1. The Balaban J connectivity index is 2.31. The molecule has 4 nitrogen and oxygen atoms in total. The SMILES string of the molecule is CC(C)N/C(=C/C(=O)c1cc(F)c(Cl)nc1Cl)Nc1ccccc1. The summed E-state index contributed by atoms with van der Waals surface area (Å²) < 4.78 is 13.6. The van der Waals surface area contributed by atoms with Crippen LogP contribution in [0, 0.1) is 5.82 Å². The summed E-state index contributed by atoms with van der Waals surface area (Å²) in [7, 11) is 0. The minimum absolute atomic E-state index is 0.0588. The predicted octanol–water partition coefficient (Wildman–Crippen LogP) is 4.66. The number of hydrogen-bond donors (Lipinski definition) is 2. The van der Waals surface area contributed by atoms with Crippen molar-refractivity contribution in [2.75, 3.05) is 5.32 Å². The molecule has 0 bridgehead atoms. The zero-order valence-electron chi connectivity index (χ0n) is 13.1. The van der Waals surface area contributed by atoms with Crippen LogP contribution in [0.2, 0.25) is 10.3 Å². The summed E-state index contributed by atoms with van der Waals surface area (Å²) in [5.41, 5.74) is 0.743. The van der Waals surface area contributed by atoms with Gasteiger partial charge in [0.2, 0.25) is 0 Å². The Morgan fingerprint density at radius 2 is 1.88 bits per heavy atom. The first-order chi connectivity index (χ1) is 11.4. The van der Waals surface area contributed by atoms with Gasteiger partial charge in [-0.15, -0.1) is 0 Å². The quantitative estimate of drug-likeness (QED) is 0.442. The number of aromatic nitrogens is 1. The number of para-hydroxylation sites is 1. The average molecular weight is 368 g/mol. The van der Waals surface area contributed by atoms with E-state index in [1.54, 1.807) is 0 Å². The van der Waals surface area contributed by atoms with Gasteiger partial charge in [0.1, 0.15) is 11.0 Å². The van der Waals surface area contributed by atoms with Crippen LogP contribution in [0.5, 0.6) is 0 Å². The van der Waals surface area contributed by atoms with Crippen molar-refractivity contribution < 1.29 is 9.18 Å². The molecule has 1 heterocycles. The highest BCUT2D eigenvalue weighted by Crippen LogP contribution is 2.21. The standard InChI is InChI=1S/C17H16Cl2FN3O/c1-10(2)21-15(22-11-6-4-3-5-7-11)9-14(24)12-8-13(20)17(19)23-16(12)18/h3-10,21-22H,1-2H3/b15-9-. The molecule has 0 fully saturated rings. The molecule has 7 heteroatoms. The zero-order valence-corrected chi connectivity index (χ0v) is 14.6. The molecule has 2 rings (SSSR count). The number of carbonyl (C=O) groups is 1. The fourth-order valence-corrected chi connectivity index (χ4v) is 2.34. The number of nitrogens with one attached hydrogen (secondary N) is 2. The molecule has 126 valence electrons. The van der Waals surface area contributed by atoms with Crippen LogP contribution in [0.25, 0.3) is 0 Å². The molecule has 0 unspecified atom stereocenters. The molecular weight excluding hydrogens is 352 g/mol. The van der Waals surface area contributed by atoms with Gasteiger partial charge in [-0.2, -0.15) is 0 Å². The number of carbonyl (C=O) groups excluding carboxylic acids is 1. The lowest BCUT2D eigenvalue weighted by Gasteiger charge is -2.16. The molecule has 0 radical (unpaired) electrons. The van der Waals surface area contributed by atoms with Crippen LogP contribution in [0.4, 0.5) is 10.1 Å². The Morgan fingerprint density at radius 3 is 2.50 bits per heavy atom. The maximum atomic E-state index is 13.6. The van der Waals surface area contributed by atoms with E-state index in [9.17, 15) is 9.18 Å². The van der Waals surface area contributed by atoms with Gasteiger partial charge in [0.25, 0.3) is 0 Å². The van der Waals surface area contributed by atoms with Gasteiger partial charge in [0.15, 0.2) is 16.8 Å². The van der Waals surface area contributed by atoms with Crippen molar-refractivity contribution in [1.82, 2.24) is 10.3 Å². The fourth-order valence-electron chi connectivity index (χ4n) is 1.93. The molecule has 0 aliphatic rings. The summed E-state index contributed by atoms with van der Waals surface area (Å²) in [4.78, 5) is 16.0. The first-order valence-electron chi connectivity index (χ1n) is 7.23. The lowest BCUT2D eigenvalue weighted by atomic mass is 10.1. The molecule has 0 aliphatic heterocycles. The van der Waals surface area contributed by atoms with E-state index in [2.05, 4.69) is 15.6 Å². The first-order valence-corrected chi connectivity index (χ1v) is 7.98. The highest BCUT2D eigenvalue weighted by Gasteiger charge is 2.15. The van der Waals surface area contributed by atoms with Crippen molar-refractivity contribution in [3.8, 4) is 0 Å². The van der Waals surface area contributed by atoms with Crippen molar-refractivity contribution in [1.29, 1.82) is 0 Å². The molecule has 0 saturated carbocycles. The van der Waals surface area contributed by atoms with E-state index < -0.39 is 11.6 Å². The minimum atomic E-state index is -0.799. The Morgan fingerprint density at radius 1 is 1.21 bits per heavy atom. The van der Waals surface area contributed by atoms with E-state index in [1.165, 1.54) is 6.08 Å². The third kappa shape index (κ3) is 4.94. The molecule has 2 aromatic rings. The van der Waals surface area contributed by atoms with Gasteiger partial charge in [0.05, 0.1) is 5.56 Å². The maximum absolute atomic E-state index is 13.6.